The maximum Gasteiger partial charge on any atom is 0.147 e. The van der Waals surface area contributed by atoms with Gasteiger partial charge in [-0.25, -0.2) is 4.39 Å². The molecule has 0 amide bonds. The number of nitrogens with zero attached hydrogens (tertiary/aromatic N) is 1. The lowest BCUT2D eigenvalue weighted by molar-refractivity contribution is 0.135. The lowest BCUT2D eigenvalue weighted by atomic mass is 9.91. The summed E-state index contributed by atoms with van der Waals surface area (Å²) in [4.78, 5) is 3.69. The molecule has 0 fully saturated rings. The van der Waals surface area contributed by atoms with Crippen LogP contribution in [0.4, 0.5) is 4.39 Å². The van der Waals surface area contributed by atoms with Crippen LogP contribution in [0.15, 0.2) is 18.5 Å². The molecule has 1 rings (SSSR count). The summed E-state index contributed by atoms with van der Waals surface area (Å²) in [7, 11) is 0. The summed E-state index contributed by atoms with van der Waals surface area (Å²) in [6.07, 6.45) is 7.08. The van der Waals surface area contributed by atoms with Crippen molar-refractivity contribution in [3.8, 4) is 0 Å². The minimum absolute atomic E-state index is 0.370. The molecule has 0 aliphatic rings. The third-order valence-corrected chi connectivity index (χ3v) is 3.26. The first kappa shape index (κ1) is 14.1. The summed E-state index contributed by atoms with van der Waals surface area (Å²) >= 11 is 0. The third kappa shape index (κ3) is 4.43. The van der Waals surface area contributed by atoms with Crippen molar-refractivity contribution in [2.75, 3.05) is 0 Å². The standard InChI is InChI=1S/C14H22FNO/c1-3-5-6-11(4-2)9-14(17)12-7-8-16-10-13(12)15/h7-8,10-11,14,17H,3-6,9H2,1-2H3. The smallest absolute Gasteiger partial charge is 0.147 e. The van der Waals surface area contributed by atoms with Crippen LogP contribution in [0.3, 0.4) is 0 Å². The van der Waals surface area contributed by atoms with Gasteiger partial charge in [0, 0.05) is 11.8 Å². The Hall–Kier alpha value is -0.960. The van der Waals surface area contributed by atoms with Crippen LogP contribution < -0.4 is 0 Å². The van der Waals surface area contributed by atoms with Gasteiger partial charge in [0.05, 0.1) is 12.3 Å². The van der Waals surface area contributed by atoms with E-state index < -0.39 is 11.9 Å². The van der Waals surface area contributed by atoms with Gasteiger partial charge < -0.3 is 5.11 Å². The van der Waals surface area contributed by atoms with E-state index in [2.05, 4.69) is 18.8 Å². The van der Waals surface area contributed by atoms with E-state index in [1.54, 1.807) is 6.07 Å². The predicted molar refractivity (Wildman–Crippen MR) is 67.1 cm³/mol. The molecule has 0 saturated heterocycles. The van der Waals surface area contributed by atoms with Crippen LogP contribution in [0.25, 0.3) is 0 Å². The number of hydrogen-bond donors (Lipinski definition) is 1. The fourth-order valence-corrected chi connectivity index (χ4v) is 2.08. The van der Waals surface area contributed by atoms with Crippen LogP contribution in [-0.2, 0) is 0 Å². The van der Waals surface area contributed by atoms with Crippen molar-refractivity contribution in [3.05, 3.63) is 29.8 Å². The Kier molecular flexibility index (Phi) is 6.12. The van der Waals surface area contributed by atoms with Gasteiger partial charge in [-0.05, 0) is 18.4 Å². The highest BCUT2D eigenvalue weighted by molar-refractivity contribution is 5.15. The lowest BCUT2D eigenvalue weighted by Gasteiger charge is -2.19. The number of aliphatic hydroxyl groups excluding tert-OH is 1. The molecule has 2 unspecified atom stereocenters. The van der Waals surface area contributed by atoms with Gasteiger partial charge in [-0.15, -0.1) is 0 Å². The number of pyridine rings is 1. The van der Waals surface area contributed by atoms with Gasteiger partial charge in [0.15, 0.2) is 0 Å². The van der Waals surface area contributed by atoms with Crippen molar-refractivity contribution < 1.29 is 9.50 Å². The fraction of sp³-hybridized carbons (Fsp3) is 0.643. The molecule has 1 aromatic heterocycles. The summed E-state index contributed by atoms with van der Waals surface area (Å²) < 4.78 is 13.4. The second-order valence-corrected chi connectivity index (χ2v) is 4.57. The Morgan fingerprint density at radius 1 is 1.41 bits per heavy atom. The first-order valence-corrected chi connectivity index (χ1v) is 6.46. The second-order valence-electron chi connectivity index (χ2n) is 4.57. The van der Waals surface area contributed by atoms with E-state index >= 15 is 0 Å². The highest BCUT2D eigenvalue weighted by Crippen LogP contribution is 2.27. The number of hydrogen-bond acceptors (Lipinski definition) is 2. The number of unbranched alkanes of at least 4 members (excludes halogenated alkanes) is 1. The van der Waals surface area contributed by atoms with E-state index in [1.165, 1.54) is 12.6 Å². The van der Waals surface area contributed by atoms with Crippen LogP contribution in [0.5, 0.6) is 0 Å². The number of rotatable bonds is 7. The molecule has 0 aromatic carbocycles. The van der Waals surface area contributed by atoms with Crippen LogP contribution in [0.1, 0.15) is 57.6 Å². The van der Waals surface area contributed by atoms with Crippen LogP contribution in [0, 0.1) is 11.7 Å². The molecule has 0 bridgehead atoms. The largest absolute Gasteiger partial charge is 0.388 e. The topological polar surface area (TPSA) is 33.1 Å². The molecule has 2 atom stereocenters. The van der Waals surface area contributed by atoms with E-state index in [1.807, 2.05) is 0 Å². The maximum atomic E-state index is 13.4. The molecule has 96 valence electrons. The van der Waals surface area contributed by atoms with Crippen LogP contribution >= 0.6 is 0 Å². The van der Waals surface area contributed by atoms with E-state index in [4.69, 9.17) is 0 Å². The van der Waals surface area contributed by atoms with E-state index in [0.29, 0.717) is 17.9 Å². The van der Waals surface area contributed by atoms with E-state index in [9.17, 15) is 9.50 Å². The Labute approximate surface area is 103 Å². The highest BCUT2D eigenvalue weighted by Gasteiger charge is 2.17. The zero-order valence-electron chi connectivity index (χ0n) is 10.7. The molecular weight excluding hydrogens is 217 g/mol. The molecule has 2 nitrogen and oxygen atoms in total. The van der Waals surface area contributed by atoms with E-state index in [-0.39, 0.29) is 0 Å². The molecule has 0 spiro atoms. The molecule has 0 aliphatic carbocycles. The average Bonchev–Trinajstić information content (AvgIpc) is 2.34. The molecule has 0 radical (unpaired) electrons. The normalized spacial score (nSPS) is 14.6. The quantitative estimate of drug-likeness (QED) is 0.783. The molecule has 3 heteroatoms. The summed E-state index contributed by atoms with van der Waals surface area (Å²) in [5.41, 5.74) is 0.370. The fourth-order valence-electron chi connectivity index (χ4n) is 2.08. The Bertz CT molecular complexity index is 330. The first-order chi connectivity index (χ1) is 8.19. The molecule has 1 heterocycles. The van der Waals surface area contributed by atoms with Crippen molar-refractivity contribution in [3.63, 3.8) is 0 Å². The zero-order chi connectivity index (χ0) is 12.7. The van der Waals surface area contributed by atoms with Gasteiger partial charge in [-0.3, -0.25) is 4.98 Å². The van der Waals surface area contributed by atoms with Gasteiger partial charge >= 0.3 is 0 Å². The van der Waals surface area contributed by atoms with Crippen molar-refractivity contribution in [2.24, 2.45) is 5.92 Å². The summed E-state index contributed by atoms with van der Waals surface area (Å²) in [5.74, 6) is 0.0582. The Morgan fingerprint density at radius 3 is 2.76 bits per heavy atom. The minimum atomic E-state index is -0.709. The SMILES string of the molecule is CCCCC(CC)CC(O)c1ccncc1F. The molecule has 0 saturated carbocycles. The number of aliphatic hydroxyl groups is 1. The second kappa shape index (κ2) is 7.38. The molecular formula is C14H22FNO. The van der Waals surface area contributed by atoms with Gasteiger partial charge in [0.1, 0.15) is 5.82 Å². The Morgan fingerprint density at radius 2 is 2.18 bits per heavy atom. The van der Waals surface area contributed by atoms with Crippen molar-refractivity contribution in [1.82, 2.24) is 4.98 Å². The molecule has 0 aliphatic heterocycles. The van der Waals surface area contributed by atoms with E-state index in [0.717, 1.165) is 25.5 Å². The van der Waals surface area contributed by atoms with Crippen molar-refractivity contribution in [2.45, 2.75) is 52.1 Å². The van der Waals surface area contributed by atoms with Gasteiger partial charge in [-0.2, -0.15) is 0 Å². The number of halogens is 1. The van der Waals surface area contributed by atoms with Crippen LogP contribution in [-0.4, -0.2) is 10.1 Å². The van der Waals surface area contributed by atoms with Crippen molar-refractivity contribution >= 4 is 0 Å². The average molecular weight is 239 g/mol. The predicted octanol–water partition coefficient (Wildman–Crippen LogP) is 3.86. The van der Waals surface area contributed by atoms with Gasteiger partial charge in [-0.1, -0.05) is 39.5 Å². The summed E-state index contributed by atoms with van der Waals surface area (Å²) in [6, 6.07) is 1.56. The van der Waals surface area contributed by atoms with Gasteiger partial charge in [0.2, 0.25) is 0 Å². The molecule has 1 aromatic rings. The zero-order valence-corrected chi connectivity index (χ0v) is 10.7. The monoisotopic (exact) mass is 239 g/mol. The van der Waals surface area contributed by atoms with Crippen molar-refractivity contribution in [1.29, 1.82) is 0 Å². The summed E-state index contributed by atoms with van der Waals surface area (Å²) in [6.45, 7) is 4.28. The molecule has 1 N–H and O–H groups in total. The Balaban J connectivity index is 2.58. The summed E-state index contributed by atoms with van der Waals surface area (Å²) in [5, 5.41) is 10.0. The maximum absolute atomic E-state index is 13.4. The van der Waals surface area contributed by atoms with Gasteiger partial charge in [0.25, 0.3) is 0 Å². The lowest BCUT2D eigenvalue weighted by Crippen LogP contribution is -2.08. The third-order valence-electron chi connectivity index (χ3n) is 3.26. The highest BCUT2D eigenvalue weighted by atomic mass is 19.1. The molecule has 17 heavy (non-hydrogen) atoms. The first-order valence-electron chi connectivity index (χ1n) is 6.46. The minimum Gasteiger partial charge on any atom is -0.388 e. The number of aromatic nitrogens is 1. The van der Waals surface area contributed by atoms with Crippen LogP contribution in [0.2, 0.25) is 0 Å².